The van der Waals surface area contributed by atoms with Crippen molar-refractivity contribution in [1.29, 1.82) is 0 Å². The number of nitrogens with zero attached hydrogens (tertiary/aromatic N) is 2. The second-order valence-corrected chi connectivity index (χ2v) is 10.4. The van der Waals surface area contributed by atoms with Crippen LogP contribution in [0.3, 0.4) is 0 Å². The number of para-hydroxylation sites is 2. The fourth-order valence-electron chi connectivity index (χ4n) is 5.08. The summed E-state index contributed by atoms with van der Waals surface area (Å²) in [7, 11) is 1.68. The topological polar surface area (TPSA) is 73.9 Å². The van der Waals surface area contributed by atoms with Gasteiger partial charge in [0, 0.05) is 48.1 Å². The molecule has 1 aliphatic heterocycles. The number of halogens is 1. The van der Waals surface area contributed by atoms with E-state index in [0.29, 0.717) is 21.8 Å². The Balaban J connectivity index is 1.39. The van der Waals surface area contributed by atoms with Gasteiger partial charge in [0.05, 0.1) is 24.4 Å². The molecule has 0 aromatic heterocycles. The number of amides is 2. The fraction of sp³-hybridized carbons (Fsp3) is 0.212. The van der Waals surface area contributed by atoms with Crippen LogP contribution in [0.5, 0.6) is 5.75 Å². The number of hydrogen-bond acceptors (Lipinski definition) is 5. The van der Waals surface area contributed by atoms with Gasteiger partial charge in [-0.2, -0.15) is 0 Å². The molecule has 1 aliphatic rings. The first-order valence-corrected chi connectivity index (χ1v) is 14.0. The van der Waals surface area contributed by atoms with Gasteiger partial charge in [-0.1, -0.05) is 60.1 Å². The van der Waals surface area contributed by atoms with Crippen molar-refractivity contribution in [2.24, 2.45) is 0 Å². The molecule has 0 saturated carbocycles. The van der Waals surface area contributed by atoms with Gasteiger partial charge >= 0.3 is 0 Å². The van der Waals surface area contributed by atoms with Crippen LogP contribution in [0.4, 0.5) is 17.1 Å². The molecule has 2 N–H and O–H groups in total. The van der Waals surface area contributed by atoms with Gasteiger partial charge in [-0.25, -0.2) is 0 Å². The van der Waals surface area contributed by atoms with E-state index < -0.39 is 0 Å². The number of piperazine rings is 1. The molecule has 0 spiro atoms. The van der Waals surface area contributed by atoms with Crippen molar-refractivity contribution in [3.8, 4) is 5.75 Å². The SMILES string of the molecule is COc1ccccc1N1CCN(c2ccc(NC(=O)c3cccc(Cl)c3)cc2C(=O)NC(C)c2ccccc2)CC1. The number of methoxy groups -OCH3 is 1. The molecule has 2 amide bonds. The summed E-state index contributed by atoms with van der Waals surface area (Å²) in [6, 6.07) is 29.9. The fourth-order valence-corrected chi connectivity index (χ4v) is 5.27. The molecule has 0 bridgehead atoms. The molecular weight excluding hydrogens is 536 g/mol. The third kappa shape index (κ3) is 6.64. The van der Waals surface area contributed by atoms with Gasteiger partial charge in [-0.05, 0) is 61.0 Å². The average Bonchev–Trinajstić information content (AvgIpc) is 3.01. The first-order chi connectivity index (χ1) is 19.9. The number of carbonyl (C=O) groups is 2. The molecule has 4 aromatic carbocycles. The maximum absolute atomic E-state index is 13.7. The Bertz CT molecular complexity index is 1520. The molecule has 4 aromatic rings. The molecule has 1 unspecified atom stereocenters. The minimum absolute atomic E-state index is 0.191. The van der Waals surface area contributed by atoms with Crippen molar-refractivity contribution in [3.05, 3.63) is 119 Å². The molecule has 1 fully saturated rings. The second-order valence-electron chi connectivity index (χ2n) is 9.95. The van der Waals surface area contributed by atoms with Crippen LogP contribution in [0.15, 0.2) is 97.1 Å². The van der Waals surface area contributed by atoms with Gasteiger partial charge in [0.2, 0.25) is 0 Å². The van der Waals surface area contributed by atoms with Gasteiger partial charge in [-0.3, -0.25) is 9.59 Å². The Morgan fingerprint density at radius 3 is 2.17 bits per heavy atom. The van der Waals surface area contributed by atoms with Gasteiger partial charge in [0.15, 0.2) is 0 Å². The van der Waals surface area contributed by atoms with Crippen LogP contribution in [0.25, 0.3) is 0 Å². The first kappa shape index (κ1) is 28.1. The average molecular weight is 569 g/mol. The van der Waals surface area contributed by atoms with Crippen molar-refractivity contribution >= 4 is 40.5 Å². The predicted molar refractivity (Wildman–Crippen MR) is 166 cm³/mol. The zero-order valence-corrected chi connectivity index (χ0v) is 23.9. The summed E-state index contributed by atoms with van der Waals surface area (Å²) < 4.78 is 5.57. The lowest BCUT2D eigenvalue weighted by atomic mass is 10.1. The van der Waals surface area contributed by atoms with Crippen molar-refractivity contribution < 1.29 is 14.3 Å². The summed E-state index contributed by atoms with van der Waals surface area (Å²) in [5.41, 5.74) is 4.37. The van der Waals surface area contributed by atoms with Crippen molar-refractivity contribution in [2.75, 3.05) is 48.4 Å². The Labute approximate surface area is 245 Å². The lowest BCUT2D eigenvalue weighted by Gasteiger charge is -2.38. The molecule has 0 radical (unpaired) electrons. The summed E-state index contributed by atoms with van der Waals surface area (Å²) in [5, 5.41) is 6.54. The van der Waals surface area contributed by atoms with Gasteiger partial charge < -0.3 is 25.2 Å². The lowest BCUT2D eigenvalue weighted by molar-refractivity contribution is 0.0939. The van der Waals surface area contributed by atoms with Crippen LogP contribution in [-0.2, 0) is 0 Å². The molecular formula is C33H33ClN4O3. The smallest absolute Gasteiger partial charge is 0.255 e. The molecule has 5 rings (SSSR count). The second kappa shape index (κ2) is 12.8. The minimum Gasteiger partial charge on any atom is -0.495 e. The first-order valence-electron chi connectivity index (χ1n) is 13.6. The normalized spacial score (nSPS) is 13.8. The highest BCUT2D eigenvalue weighted by Crippen LogP contribution is 2.31. The van der Waals surface area contributed by atoms with E-state index in [-0.39, 0.29) is 17.9 Å². The number of rotatable bonds is 8. The number of benzene rings is 4. The Hall–Kier alpha value is -4.49. The molecule has 41 heavy (non-hydrogen) atoms. The summed E-state index contributed by atoms with van der Waals surface area (Å²) >= 11 is 6.08. The van der Waals surface area contributed by atoms with Gasteiger partial charge in [-0.15, -0.1) is 0 Å². The minimum atomic E-state index is -0.297. The Kier molecular flexibility index (Phi) is 8.75. The number of carbonyl (C=O) groups excluding carboxylic acids is 2. The van der Waals surface area contributed by atoms with Gasteiger partial charge in [0.25, 0.3) is 11.8 Å². The maximum Gasteiger partial charge on any atom is 0.255 e. The van der Waals surface area contributed by atoms with E-state index in [0.717, 1.165) is 48.9 Å². The van der Waals surface area contributed by atoms with Crippen LogP contribution in [0, 0.1) is 0 Å². The van der Waals surface area contributed by atoms with E-state index in [4.69, 9.17) is 16.3 Å². The van der Waals surface area contributed by atoms with E-state index >= 15 is 0 Å². The maximum atomic E-state index is 13.7. The van der Waals surface area contributed by atoms with E-state index in [2.05, 4.69) is 26.5 Å². The van der Waals surface area contributed by atoms with E-state index in [1.807, 2.05) is 67.6 Å². The zero-order valence-electron chi connectivity index (χ0n) is 23.1. The monoisotopic (exact) mass is 568 g/mol. The Morgan fingerprint density at radius 1 is 0.780 bits per heavy atom. The van der Waals surface area contributed by atoms with Crippen LogP contribution in [0.2, 0.25) is 5.02 Å². The number of anilines is 3. The molecule has 0 aliphatic carbocycles. The third-order valence-electron chi connectivity index (χ3n) is 7.28. The summed E-state index contributed by atoms with van der Waals surface area (Å²) in [6.45, 7) is 4.95. The lowest BCUT2D eigenvalue weighted by Crippen LogP contribution is -2.47. The molecule has 1 saturated heterocycles. The summed E-state index contributed by atoms with van der Waals surface area (Å²) in [6.07, 6.45) is 0. The quantitative estimate of drug-likeness (QED) is 0.257. The van der Waals surface area contributed by atoms with Crippen molar-refractivity contribution in [3.63, 3.8) is 0 Å². The third-order valence-corrected chi connectivity index (χ3v) is 7.51. The van der Waals surface area contributed by atoms with Gasteiger partial charge in [0.1, 0.15) is 5.75 Å². The van der Waals surface area contributed by atoms with Crippen LogP contribution in [0.1, 0.15) is 39.2 Å². The Morgan fingerprint density at radius 2 is 1.46 bits per heavy atom. The number of nitrogens with one attached hydrogen (secondary N) is 2. The van der Waals surface area contributed by atoms with Crippen LogP contribution < -0.4 is 25.2 Å². The van der Waals surface area contributed by atoms with Crippen molar-refractivity contribution in [2.45, 2.75) is 13.0 Å². The molecule has 1 heterocycles. The van der Waals surface area contributed by atoms with E-state index in [9.17, 15) is 9.59 Å². The zero-order chi connectivity index (χ0) is 28.8. The molecule has 1 atom stereocenters. The van der Waals surface area contributed by atoms with Crippen LogP contribution >= 0.6 is 11.6 Å². The summed E-state index contributed by atoms with van der Waals surface area (Å²) in [5.74, 6) is 0.341. The highest BCUT2D eigenvalue weighted by Gasteiger charge is 2.24. The highest BCUT2D eigenvalue weighted by atomic mass is 35.5. The summed E-state index contributed by atoms with van der Waals surface area (Å²) in [4.78, 5) is 31.2. The molecule has 8 heteroatoms. The van der Waals surface area contributed by atoms with Crippen LogP contribution in [-0.4, -0.2) is 45.1 Å². The number of ether oxygens (including phenoxy) is 1. The largest absolute Gasteiger partial charge is 0.495 e. The molecule has 210 valence electrons. The predicted octanol–water partition coefficient (Wildman–Crippen LogP) is 6.42. The number of hydrogen-bond donors (Lipinski definition) is 2. The van der Waals surface area contributed by atoms with E-state index in [1.165, 1.54) is 0 Å². The molecule has 7 nitrogen and oxygen atoms in total. The highest BCUT2D eigenvalue weighted by molar-refractivity contribution is 6.31. The van der Waals surface area contributed by atoms with E-state index in [1.54, 1.807) is 37.4 Å². The van der Waals surface area contributed by atoms with Crippen molar-refractivity contribution in [1.82, 2.24) is 5.32 Å². The standard InChI is InChI=1S/C33H33ClN4O3/c1-23(24-9-4-3-5-10-24)35-33(40)28-22-27(36-32(39)25-11-8-12-26(34)21-25)15-16-29(28)37-17-19-38(20-18-37)30-13-6-7-14-31(30)41-2/h3-16,21-23H,17-20H2,1-2H3,(H,35,40)(H,36,39).